The Morgan fingerprint density at radius 3 is 1.30 bits per heavy atom. The molecule has 0 saturated heterocycles. The summed E-state index contributed by atoms with van der Waals surface area (Å²) in [6.45, 7) is 4.40. The first-order valence-corrected chi connectivity index (χ1v) is 10.9. The molecule has 2 rings (SSSR count). The van der Waals surface area contributed by atoms with Gasteiger partial charge in [-0.2, -0.15) is 0 Å². The van der Waals surface area contributed by atoms with E-state index < -0.39 is 0 Å². The maximum absolute atomic E-state index is 5.81. The van der Waals surface area contributed by atoms with E-state index in [2.05, 4.69) is 50.0 Å². The molecule has 0 aliphatic rings. The molecule has 0 fully saturated rings. The third kappa shape index (κ3) is 6.85. The van der Waals surface area contributed by atoms with Gasteiger partial charge in [-0.15, -0.1) is 0 Å². The predicted molar refractivity (Wildman–Crippen MR) is 128 cm³/mol. The van der Waals surface area contributed by atoms with Gasteiger partial charge in [0, 0.05) is 22.3 Å². The van der Waals surface area contributed by atoms with Crippen molar-refractivity contribution in [3.05, 3.63) is 82.9 Å². The molecule has 0 N–H and O–H groups in total. The Hall–Kier alpha value is -2.92. The molecule has 0 aliphatic heterocycles. The van der Waals surface area contributed by atoms with Crippen LogP contribution < -0.4 is 0 Å². The molecule has 0 radical (unpaired) electrons. The summed E-state index contributed by atoms with van der Waals surface area (Å²) >= 11 is 0. The van der Waals surface area contributed by atoms with Gasteiger partial charge in [-0.05, 0) is 25.7 Å². The Morgan fingerprint density at radius 2 is 1.00 bits per heavy atom. The lowest BCUT2D eigenvalue weighted by Crippen LogP contribution is -1.96. The molecule has 0 spiro atoms. The van der Waals surface area contributed by atoms with E-state index in [4.69, 9.17) is 9.47 Å². The lowest BCUT2D eigenvalue weighted by molar-refractivity contribution is 0.366. The lowest BCUT2D eigenvalue weighted by Gasteiger charge is -2.12. The molecule has 0 saturated carbocycles. The summed E-state index contributed by atoms with van der Waals surface area (Å²) < 4.78 is 11.6. The Morgan fingerprint density at radius 1 is 0.633 bits per heavy atom. The Bertz CT molecular complexity index is 807. The van der Waals surface area contributed by atoms with Crippen molar-refractivity contribution in [3.8, 4) is 11.8 Å². The highest BCUT2D eigenvalue weighted by atomic mass is 16.5. The van der Waals surface area contributed by atoms with E-state index in [1.165, 1.54) is 0 Å². The van der Waals surface area contributed by atoms with E-state index in [0.29, 0.717) is 0 Å². The van der Waals surface area contributed by atoms with Crippen LogP contribution in [0.5, 0.6) is 0 Å². The zero-order chi connectivity index (χ0) is 21.6. The largest absolute Gasteiger partial charge is 0.495 e. The molecule has 30 heavy (non-hydrogen) atoms. The molecule has 0 unspecified atom stereocenters. The monoisotopic (exact) mass is 402 g/mol. The maximum Gasteiger partial charge on any atom is 0.137 e. The molecule has 2 heteroatoms. The van der Waals surface area contributed by atoms with Gasteiger partial charge in [-0.3, -0.25) is 0 Å². The smallest absolute Gasteiger partial charge is 0.137 e. The summed E-state index contributed by atoms with van der Waals surface area (Å²) in [5.41, 5.74) is 4.22. The Labute approximate surface area is 182 Å². The number of methoxy groups -OCH3 is 2. The molecule has 0 amide bonds. The molecule has 0 atom stereocenters. The zero-order valence-electron chi connectivity index (χ0n) is 18.8. The van der Waals surface area contributed by atoms with Crippen molar-refractivity contribution >= 4 is 11.5 Å². The standard InChI is InChI=1S/C28H34O2/c1-5-7-15-25(27(29-3)23-17-11-9-12-18-23)21-22-26(16-8-6-2)28(30-4)24-19-13-10-14-20-24/h9-14,17-20H,5-8,15-16H2,1-4H3/b27-25+,28-26+. The van der Waals surface area contributed by atoms with Crippen LogP contribution in [-0.4, -0.2) is 14.2 Å². The fourth-order valence-corrected chi connectivity index (χ4v) is 3.33. The normalized spacial score (nSPS) is 12.3. The molecular weight excluding hydrogens is 368 g/mol. The average molecular weight is 403 g/mol. The zero-order valence-corrected chi connectivity index (χ0v) is 18.8. The molecule has 0 bridgehead atoms. The van der Waals surface area contributed by atoms with Gasteiger partial charge in [0.2, 0.25) is 0 Å². The van der Waals surface area contributed by atoms with Crippen LogP contribution in [0.4, 0.5) is 0 Å². The fraction of sp³-hybridized carbons (Fsp3) is 0.357. The summed E-state index contributed by atoms with van der Waals surface area (Å²) in [7, 11) is 3.46. The minimum Gasteiger partial charge on any atom is -0.495 e. The van der Waals surface area contributed by atoms with Gasteiger partial charge in [0.1, 0.15) is 11.5 Å². The number of hydrogen-bond acceptors (Lipinski definition) is 2. The third-order valence-corrected chi connectivity index (χ3v) is 4.95. The molecule has 2 aromatic carbocycles. The number of allylic oxidation sites excluding steroid dienone is 2. The van der Waals surface area contributed by atoms with Crippen LogP contribution in [0.2, 0.25) is 0 Å². The van der Waals surface area contributed by atoms with Crippen LogP contribution in [-0.2, 0) is 9.47 Å². The van der Waals surface area contributed by atoms with E-state index in [-0.39, 0.29) is 0 Å². The molecule has 0 aliphatic carbocycles. The number of benzene rings is 2. The molecule has 158 valence electrons. The lowest BCUT2D eigenvalue weighted by atomic mass is 10.0. The highest BCUT2D eigenvalue weighted by molar-refractivity contribution is 5.71. The third-order valence-electron chi connectivity index (χ3n) is 4.95. The van der Waals surface area contributed by atoms with E-state index >= 15 is 0 Å². The van der Waals surface area contributed by atoms with Gasteiger partial charge < -0.3 is 9.47 Å². The van der Waals surface area contributed by atoms with Crippen LogP contribution in [0.3, 0.4) is 0 Å². The van der Waals surface area contributed by atoms with Crippen molar-refractivity contribution < 1.29 is 9.47 Å². The van der Waals surface area contributed by atoms with Gasteiger partial charge in [0.05, 0.1) is 14.2 Å². The van der Waals surface area contributed by atoms with Gasteiger partial charge in [-0.25, -0.2) is 0 Å². The van der Waals surface area contributed by atoms with Gasteiger partial charge in [-0.1, -0.05) is 99.2 Å². The molecule has 0 heterocycles. The van der Waals surface area contributed by atoms with E-state index in [1.54, 1.807) is 14.2 Å². The van der Waals surface area contributed by atoms with Gasteiger partial charge in [0.15, 0.2) is 0 Å². The number of rotatable bonds is 10. The van der Waals surface area contributed by atoms with Crippen molar-refractivity contribution in [2.75, 3.05) is 14.2 Å². The van der Waals surface area contributed by atoms with Crippen LogP contribution in [0.25, 0.3) is 11.5 Å². The summed E-state index contributed by atoms with van der Waals surface area (Å²) in [5, 5.41) is 0. The minimum absolute atomic E-state index is 0.866. The highest BCUT2D eigenvalue weighted by Gasteiger charge is 2.11. The predicted octanol–water partition coefficient (Wildman–Crippen LogP) is 7.49. The first kappa shape index (κ1) is 23.4. The van der Waals surface area contributed by atoms with Gasteiger partial charge in [0.25, 0.3) is 0 Å². The Kier molecular flexibility index (Phi) is 10.4. The van der Waals surface area contributed by atoms with Crippen LogP contribution in [0.1, 0.15) is 63.5 Å². The van der Waals surface area contributed by atoms with Crippen molar-refractivity contribution in [2.45, 2.75) is 52.4 Å². The second-order valence-electron chi connectivity index (χ2n) is 7.21. The summed E-state index contributed by atoms with van der Waals surface area (Å²) in [6, 6.07) is 20.5. The van der Waals surface area contributed by atoms with Gasteiger partial charge >= 0.3 is 0 Å². The summed E-state index contributed by atoms with van der Waals surface area (Å²) in [4.78, 5) is 0. The number of unbranched alkanes of at least 4 members (excludes halogenated alkanes) is 2. The van der Waals surface area contributed by atoms with E-state index in [0.717, 1.165) is 72.3 Å². The first-order chi connectivity index (χ1) is 14.7. The Balaban J connectivity index is 2.56. The topological polar surface area (TPSA) is 18.5 Å². The molecule has 0 aromatic heterocycles. The van der Waals surface area contributed by atoms with Crippen molar-refractivity contribution in [1.82, 2.24) is 0 Å². The van der Waals surface area contributed by atoms with Crippen LogP contribution in [0, 0.1) is 11.8 Å². The quantitative estimate of drug-likeness (QED) is 0.303. The first-order valence-electron chi connectivity index (χ1n) is 10.9. The fourth-order valence-electron chi connectivity index (χ4n) is 3.33. The van der Waals surface area contributed by atoms with E-state index in [1.807, 2.05) is 36.4 Å². The average Bonchev–Trinajstić information content (AvgIpc) is 2.80. The second kappa shape index (κ2) is 13.3. The summed E-state index contributed by atoms with van der Waals surface area (Å²) in [5.74, 6) is 8.66. The van der Waals surface area contributed by atoms with E-state index in [9.17, 15) is 0 Å². The maximum atomic E-state index is 5.81. The molecule has 2 nitrogen and oxygen atoms in total. The minimum atomic E-state index is 0.866. The molecule has 2 aromatic rings. The highest BCUT2D eigenvalue weighted by Crippen LogP contribution is 2.25. The van der Waals surface area contributed by atoms with Crippen LogP contribution in [0.15, 0.2) is 71.8 Å². The SMILES string of the molecule is CCCC/C(C#C/C(CCCC)=C(/OC)c1ccccc1)=C(\OC)c1ccccc1. The summed E-state index contributed by atoms with van der Waals surface area (Å²) in [6.07, 6.45) is 6.18. The van der Waals surface area contributed by atoms with Crippen LogP contribution >= 0.6 is 0 Å². The second-order valence-corrected chi connectivity index (χ2v) is 7.21. The number of ether oxygens (including phenoxy) is 2. The molecular formula is C28H34O2. The van der Waals surface area contributed by atoms with Crippen molar-refractivity contribution in [2.24, 2.45) is 0 Å². The van der Waals surface area contributed by atoms with Crippen molar-refractivity contribution in [3.63, 3.8) is 0 Å². The van der Waals surface area contributed by atoms with Crippen molar-refractivity contribution in [1.29, 1.82) is 0 Å². The number of hydrogen-bond donors (Lipinski definition) is 0.